The van der Waals surface area contributed by atoms with Crippen molar-refractivity contribution in [1.82, 2.24) is 0 Å². The van der Waals surface area contributed by atoms with Crippen LogP contribution >= 0.6 is 0 Å². The Morgan fingerprint density at radius 2 is 1.81 bits per heavy atom. The number of ether oxygens (including phenoxy) is 3. The molecule has 3 aliphatic rings. The van der Waals surface area contributed by atoms with Gasteiger partial charge in [0.15, 0.2) is 6.67 Å². The number of hydrogen-bond donors (Lipinski definition) is 0. The number of carbonyl (C=O) groups excluding carboxylic acids is 3. The summed E-state index contributed by atoms with van der Waals surface area (Å²) in [6.07, 6.45) is -6.05. The van der Waals surface area contributed by atoms with E-state index in [0.717, 1.165) is 6.08 Å². The summed E-state index contributed by atoms with van der Waals surface area (Å²) in [5.41, 5.74) is 0. The zero-order valence-corrected chi connectivity index (χ0v) is 15.2. The van der Waals surface area contributed by atoms with Gasteiger partial charge in [-0.25, -0.2) is 9.18 Å². The molecule has 1 saturated heterocycles. The fourth-order valence-corrected chi connectivity index (χ4v) is 4.38. The van der Waals surface area contributed by atoms with Crippen molar-refractivity contribution in [2.75, 3.05) is 6.67 Å². The van der Waals surface area contributed by atoms with E-state index < -0.39 is 84.6 Å². The van der Waals surface area contributed by atoms with Gasteiger partial charge in [-0.05, 0) is 6.42 Å². The first kappa shape index (κ1) is 23.3. The van der Waals surface area contributed by atoms with Crippen LogP contribution in [0.5, 0.6) is 0 Å². The van der Waals surface area contributed by atoms with Gasteiger partial charge >= 0.3 is 42.0 Å². The summed E-state index contributed by atoms with van der Waals surface area (Å²) < 4.78 is 119. The van der Waals surface area contributed by atoms with E-state index in [9.17, 15) is 49.5 Å². The van der Waals surface area contributed by atoms with Gasteiger partial charge in [0, 0.05) is 17.9 Å². The van der Waals surface area contributed by atoms with E-state index in [-0.39, 0.29) is 6.42 Å². The molecule has 0 aromatic heterocycles. The van der Waals surface area contributed by atoms with Gasteiger partial charge in [-0.15, -0.1) is 0 Å². The quantitative estimate of drug-likeness (QED) is 0.237. The van der Waals surface area contributed by atoms with Crippen LogP contribution < -0.4 is 0 Å². The molecule has 2 bridgehead atoms. The Morgan fingerprint density at radius 1 is 1.19 bits per heavy atom. The zero-order chi connectivity index (χ0) is 23.5. The molecule has 0 radical (unpaired) electrons. The molecule has 1 aliphatic heterocycles. The molecule has 0 aromatic carbocycles. The minimum atomic E-state index is -6.54. The molecule has 174 valence electrons. The van der Waals surface area contributed by atoms with Crippen LogP contribution in [-0.2, 0) is 28.6 Å². The van der Waals surface area contributed by atoms with Crippen molar-refractivity contribution in [2.45, 2.75) is 42.8 Å². The smallest absolute Gasteiger partial charge is 0.381 e. The lowest BCUT2D eigenvalue weighted by Crippen LogP contribution is -2.60. The maximum absolute atomic E-state index is 13.8. The van der Waals surface area contributed by atoms with E-state index in [1.54, 1.807) is 0 Å². The molecule has 0 spiro atoms. The van der Waals surface area contributed by atoms with E-state index in [4.69, 9.17) is 9.47 Å². The molecule has 7 unspecified atom stereocenters. The van der Waals surface area contributed by atoms with Gasteiger partial charge in [0.2, 0.25) is 0 Å². The molecule has 0 N–H and O–H groups in total. The fraction of sp³-hybridized carbons (Fsp3) is 0.706. The molecular formula is C17H14F8O6. The molecule has 14 heteroatoms. The highest BCUT2D eigenvalue weighted by atomic mass is 19.4. The van der Waals surface area contributed by atoms with Gasteiger partial charge < -0.3 is 14.2 Å². The summed E-state index contributed by atoms with van der Waals surface area (Å²) in [6.45, 7) is -0.0824. The number of hydrogen-bond acceptors (Lipinski definition) is 6. The van der Waals surface area contributed by atoms with E-state index in [1.165, 1.54) is 0 Å². The number of alkyl halides is 8. The predicted molar refractivity (Wildman–Crippen MR) is 80.3 cm³/mol. The second kappa shape index (κ2) is 7.33. The van der Waals surface area contributed by atoms with Gasteiger partial charge in [0.05, 0.1) is 11.8 Å². The lowest BCUT2D eigenvalue weighted by atomic mass is 9.78. The molecule has 1 heterocycles. The minimum Gasteiger partial charge on any atom is -0.458 e. The molecule has 7 atom stereocenters. The van der Waals surface area contributed by atoms with Crippen molar-refractivity contribution >= 4 is 17.9 Å². The van der Waals surface area contributed by atoms with Crippen molar-refractivity contribution in [3.05, 3.63) is 12.7 Å². The van der Waals surface area contributed by atoms with Crippen LogP contribution in [0, 0.1) is 23.7 Å². The summed E-state index contributed by atoms with van der Waals surface area (Å²) in [5, 5.41) is 0. The lowest BCUT2D eigenvalue weighted by Gasteiger charge is -2.34. The third kappa shape index (κ3) is 3.25. The summed E-state index contributed by atoms with van der Waals surface area (Å²) in [7, 11) is 0. The third-order valence-electron chi connectivity index (χ3n) is 5.79. The van der Waals surface area contributed by atoms with Crippen LogP contribution in [0.2, 0.25) is 0 Å². The minimum absolute atomic E-state index is 0.000638. The van der Waals surface area contributed by atoms with Crippen LogP contribution in [0.4, 0.5) is 35.1 Å². The van der Waals surface area contributed by atoms with Gasteiger partial charge in [0.25, 0.3) is 0 Å². The Bertz CT molecular complexity index is 801. The standard InChI is InChI=1S/C17H14F8O6/c1-2-7(26)29-10-5-3-6-8(12(27)30-11(6)10)9(5)13(28)31-14(19)16(22,23)17(24,25)15(20,21)4-18/h2,5-6,8-11,14H,1,3-4H2. The second-order valence-corrected chi connectivity index (χ2v) is 7.41. The maximum Gasteiger partial charge on any atom is 0.381 e. The number of halogens is 8. The molecular weight excluding hydrogens is 452 g/mol. The van der Waals surface area contributed by atoms with E-state index in [0.29, 0.717) is 0 Å². The van der Waals surface area contributed by atoms with Gasteiger partial charge in [-0.3, -0.25) is 9.59 Å². The van der Waals surface area contributed by atoms with E-state index >= 15 is 0 Å². The number of fused-ring (bicyclic) bond motifs is 1. The Kier molecular flexibility index (Phi) is 5.50. The van der Waals surface area contributed by atoms with Gasteiger partial charge in [0.1, 0.15) is 12.2 Å². The molecule has 2 aliphatic carbocycles. The van der Waals surface area contributed by atoms with Gasteiger partial charge in [-0.2, -0.15) is 30.7 Å². The Hall–Kier alpha value is -2.41. The first-order valence-electron chi connectivity index (χ1n) is 8.78. The van der Waals surface area contributed by atoms with Crippen molar-refractivity contribution in [2.24, 2.45) is 23.7 Å². The topological polar surface area (TPSA) is 78.9 Å². The molecule has 3 rings (SSSR count). The first-order chi connectivity index (χ1) is 14.2. The van der Waals surface area contributed by atoms with Crippen molar-refractivity contribution < 1.29 is 63.7 Å². The largest absolute Gasteiger partial charge is 0.458 e. The number of esters is 3. The molecule has 0 aromatic rings. The highest BCUT2D eigenvalue weighted by molar-refractivity contribution is 5.87. The number of rotatable bonds is 8. The van der Waals surface area contributed by atoms with Crippen LogP contribution in [-0.4, -0.2) is 60.9 Å². The van der Waals surface area contributed by atoms with Gasteiger partial charge in [-0.1, -0.05) is 6.58 Å². The van der Waals surface area contributed by atoms with Crippen molar-refractivity contribution in [1.29, 1.82) is 0 Å². The second-order valence-electron chi connectivity index (χ2n) is 7.41. The monoisotopic (exact) mass is 466 g/mol. The highest BCUT2D eigenvalue weighted by Gasteiger charge is 2.76. The lowest BCUT2D eigenvalue weighted by molar-refractivity contribution is -0.351. The Labute approximate surface area is 168 Å². The summed E-state index contributed by atoms with van der Waals surface area (Å²) in [5.74, 6) is -27.5. The average molecular weight is 466 g/mol. The van der Waals surface area contributed by atoms with Crippen LogP contribution in [0.25, 0.3) is 0 Å². The van der Waals surface area contributed by atoms with Crippen molar-refractivity contribution in [3.8, 4) is 0 Å². The van der Waals surface area contributed by atoms with Crippen LogP contribution in [0.15, 0.2) is 12.7 Å². The highest BCUT2D eigenvalue weighted by Crippen LogP contribution is 2.59. The zero-order valence-electron chi connectivity index (χ0n) is 15.2. The summed E-state index contributed by atoms with van der Waals surface area (Å²) in [4.78, 5) is 35.8. The first-order valence-corrected chi connectivity index (χ1v) is 8.78. The number of carbonyl (C=O) groups is 3. The maximum atomic E-state index is 13.8. The van der Waals surface area contributed by atoms with Crippen LogP contribution in [0.1, 0.15) is 6.42 Å². The summed E-state index contributed by atoms with van der Waals surface area (Å²) >= 11 is 0. The molecule has 6 nitrogen and oxygen atoms in total. The summed E-state index contributed by atoms with van der Waals surface area (Å²) in [6, 6.07) is 0. The van der Waals surface area contributed by atoms with Crippen LogP contribution in [0.3, 0.4) is 0 Å². The Morgan fingerprint density at radius 3 is 2.35 bits per heavy atom. The average Bonchev–Trinajstić information content (AvgIpc) is 3.30. The molecule has 2 saturated carbocycles. The predicted octanol–water partition coefficient (Wildman–Crippen LogP) is 2.61. The van der Waals surface area contributed by atoms with E-state index in [2.05, 4.69) is 11.3 Å². The molecule has 0 amide bonds. The SMILES string of the molecule is C=CC(=O)OC1C2CC3C1OC(=O)C3C2C(=O)OC(F)C(F)(F)C(F)(F)C(F)(F)CF. The molecule has 31 heavy (non-hydrogen) atoms. The third-order valence-corrected chi connectivity index (χ3v) is 5.79. The normalized spacial score (nSPS) is 33.1. The Balaban J connectivity index is 1.80. The van der Waals surface area contributed by atoms with Crippen molar-refractivity contribution in [3.63, 3.8) is 0 Å². The van der Waals surface area contributed by atoms with E-state index in [1.807, 2.05) is 0 Å². The fourth-order valence-electron chi connectivity index (χ4n) is 4.38. The molecule has 3 fully saturated rings.